The maximum Gasteiger partial charge on any atom is 0.136 e. The van der Waals surface area contributed by atoms with Gasteiger partial charge in [-0.05, 0) is 42.2 Å². The van der Waals surface area contributed by atoms with E-state index in [0.717, 1.165) is 5.56 Å². The van der Waals surface area contributed by atoms with Gasteiger partial charge in [0.15, 0.2) is 0 Å². The van der Waals surface area contributed by atoms with Crippen molar-refractivity contribution in [2.45, 2.75) is 39.2 Å². The third-order valence-electron chi connectivity index (χ3n) is 3.36. The maximum atomic E-state index is 13.8. The van der Waals surface area contributed by atoms with Crippen LogP contribution in [-0.2, 0) is 5.41 Å². The first kappa shape index (κ1) is 15.5. The Labute approximate surface area is 125 Å². The van der Waals surface area contributed by atoms with Gasteiger partial charge in [-0.1, -0.05) is 39.0 Å². The second-order valence-corrected chi connectivity index (χ2v) is 6.21. The van der Waals surface area contributed by atoms with E-state index in [1.807, 2.05) is 24.3 Å². The molecular formula is C18H21FO2. The van der Waals surface area contributed by atoms with Gasteiger partial charge in [-0.3, -0.25) is 0 Å². The SMILES string of the molecule is C[C@H](O)c1c(F)cccc1Oc1cccc(C(C)(C)C)c1. The van der Waals surface area contributed by atoms with Gasteiger partial charge in [0.25, 0.3) is 0 Å². The number of halogens is 1. The van der Waals surface area contributed by atoms with E-state index in [0.29, 0.717) is 11.5 Å². The Hall–Kier alpha value is -1.87. The lowest BCUT2D eigenvalue weighted by Crippen LogP contribution is -2.10. The third-order valence-corrected chi connectivity index (χ3v) is 3.36. The first-order chi connectivity index (χ1) is 9.79. The second kappa shape index (κ2) is 5.86. The van der Waals surface area contributed by atoms with E-state index in [4.69, 9.17) is 4.74 Å². The fourth-order valence-electron chi connectivity index (χ4n) is 2.16. The molecule has 0 spiro atoms. The lowest BCUT2D eigenvalue weighted by molar-refractivity contribution is 0.190. The van der Waals surface area contributed by atoms with Crippen molar-refractivity contribution >= 4 is 0 Å². The highest BCUT2D eigenvalue weighted by Crippen LogP contribution is 2.33. The molecule has 0 aliphatic rings. The van der Waals surface area contributed by atoms with Gasteiger partial charge in [-0.25, -0.2) is 4.39 Å². The first-order valence-electron chi connectivity index (χ1n) is 7.04. The summed E-state index contributed by atoms with van der Waals surface area (Å²) in [4.78, 5) is 0. The van der Waals surface area contributed by atoms with Gasteiger partial charge in [0, 0.05) is 0 Å². The lowest BCUT2D eigenvalue weighted by atomic mass is 9.87. The summed E-state index contributed by atoms with van der Waals surface area (Å²) < 4.78 is 19.6. The molecule has 112 valence electrons. The highest BCUT2D eigenvalue weighted by molar-refractivity contribution is 5.41. The molecule has 0 fully saturated rings. The minimum atomic E-state index is -0.924. The molecule has 2 aromatic rings. The number of ether oxygens (including phenoxy) is 1. The number of benzene rings is 2. The van der Waals surface area contributed by atoms with E-state index in [9.17, 15) is 9.50 Å². The molecule has 3 heteroatoms. The topological polar surface area (TPSA) is 29.5 Å². The van der Waals surface area contributed by atoms with Crippen LogP contribution in [0.4, 0.5) is 4.39 Å². The predicted octanol–water partition coefficient (Wildman–Crippen LogP) is 4.97. The molecule has 21 heavy (non-hydrogen) atoms. The Kier molecular flexibility index (Phi) is 4.33. The van der Waals surface area contributed by atoms with E-state index in [-0.39, 0.29) is 11.0 Å². The predicted molar refractivity (Wildman–Crippen MR) is 82.2 cm³/mol. The molecule has 0 unspecified atom stereocenters. The average molecular weight is 288 g/mol. The molecule has 0 bridgehead atoms. The number of rotatable bonds is 3. The normalized spacial score (nSPS) is 13.0. The van der Waals surface area contributed by atoms with Crippen LogP contribution in [-0.4, -0.2) is 5.11 Å². The molecule has 2 aromatic carbocycles. The van der Waals surface area contributed by atoms with Gasteiger partial charge in [-0.15, -0.1) is 0 Å². The van der Waals surface area contributed by atoms with E-state index < -0.39 is 11.9 Å². The zero-order valence-electron chi connectivity index (χ0n) is 12.9. The first-order valence-corrected chi connectivity index (χ1v) is 7.04. The van der Waals surface area contributed by atoms with Crippen LogP contribution >= 0.6 is 0 Å². The summed E-state index contributed by atoms with van der Waals surface area (Å²) in [6.07, 6.45) is -0.924. The van der Waals surface area contributed by atoms with Crippen LogP contribution < -0.4 is 4.74 Å². The summed E-state index contributed by atoms with van der Waals surface area (Å²) in [6, 6.07) is 12.3. The van der Waals surface area contributed by atoms with Gasteiger partial charge in [0.2, 0.25) is 0 Å². The van der Waals surface area contributed by atoms with Gasteiger partial charge in [0.1, 0.15) is 17.3 Å². The van der Waals surface area contributed by atoms with Crippen molar-refractivity contribution in [3.63, 3.8) is 0 Å². The molecule has 0 saturated heterocycles. The smallest absolute Gasteiger partial charge is 0.136 e. The van der Waals surface area contributed by atoms with E-state index in [1.54, 1.807) is 12.1 Å². The molecule has 0 aromatic heterocycles. The molecule has 2 nitrogen and oxygen atoms in total. The largest absolute Gasteiger partial charge is 0.457 e. The minimum absolute atomic E-state index is 0.00834. The molecule has 0 aliphatic carbocycles. The Balaban J connectivity index is 2.37. The van der Waals surface area contributed by atoms with Crippen LogP contribution in [0.25, 0.3) is 0 Å². The van der Waals surface area contributed by atoms with Gasteiger partial charge >= 0.3 is 0 Å². The van der Waals surface area contributed by atoms with Crippen molar-refractivity contribution in [3.8, 4) is 11.5 Å². The van der Waals surface area contributed by atoms with Crippen LogP contribution in [0, 0.1) is 5.82 Å². The summed E-state index contributed by atoms with van der Waals surface area (Å²) in [6.45, 7) is 7.89. The summed E-state index contributed by atoms with van der Waals surface area (Å²) in [5.74, 6) is 0.514. The van der Waals surface area contributed by atoms with Crippen LogP contribution in [0.1, 0.15) is 44.9 Å². The van der Waals surface area contributed by atoms with Crippen molar-refractivity contribution in [3.05, 3.63) is 59.4 Å². The Morgan fingerprint density at radius 2 is 1.76 bits per heavy atom. The molecule has 0 heterocycles. The van der Waals surface area contributed by atoms with Crippen molar-refractivity contribution in [2.24, 2.45) is 0 Å². The van der Waals surface area contributed by atoms with Crippen LogP contribution in [0.5, 0.6) is 11.5 Å². The number of hydrogen-bond acceptors (Lipinski definition) is 2. The zero-order chi connectivity index (χ0) is 15.6. The Morgan fingerprint density at radius 1 is 1.10 bits per heavy atom. The molecule has 0 saturated carbocycles. The fourth-order valence-corrected chi connectivity index (χ4v) is 2.16. The van der Waals surface area contributed by atoms with Gasteiger partial charge in [-0.2, -0.15) is 0 Å². The molecule has 0 radical (unpaired) electrons. The quantitative estimate of drug-likeness (QED) is 0.864. The number of aliphatic hydroxyl groups excluding tert-OH is 1. The highest BCUT2D eigenvalue weighted by Gasteiger charge is 2.17. The summed E-state index contributed by atoms with van der Waals surface area (Å²) in [5.41, 5.74) is 1.32. The number of hydrogen-bond donors (Lipinski definition) is 1. The van der Waals surface area contributed by atoms with Crippen LogP contribution in [0.2, 0.25) is 0 Å². The maximum absolute atomic E-state index is 13.8. The highest BCUT2D eigenvalue weighted by atomic mass is 19.1. The van der Waals surface area contributed by atoms with E-state index >= 15 is 0 Å². The van der Waals surface area contributed by atoms with Crippen molar-refractivity contribution in [2.75, 3.05) is 0 Å². The molecule has 1 atom stereocenters. The fraction of sp³-hybridized carbons (Fsp3) is 0.333. The number of aliphatic hydroxyl groups is 1. The van der Waals surface area contributed by atoms with Crippen molar-refractivity contribution in [1.82, 2.24) is 0 Å². The third kappa shape index (κ3) is 3.61. The van der Waals surface area contributed by atoms with Crippen molar-refractivity contribution < 1.29 is 14.2 Å². The van der Waals surface area contributed by atoms with Gasteiger partial charge < -0.3 is 9.84 Å². The summed E-state index contributed by atoms with van der Waals surface area (Å²) in [5, 5.41) is 9.73. The molecular weight excluding hydrogens is 267 g/mol. The standard InChI is InChI=1S/C18H21FO2/c1-12(20)17-15(19)9-6-10-16(17)21-14-8-5-7-13(11-14)18(2,3)4/h5-12,20H,1-4H3/t12-/m0/s1. The minimum Gasteiger partial charge on any atom is -0.457 e. The van der Waals surface area contributed by atoms with E-state index in [1.165, 1.54) is 13.0 Å². The molecule has 0 amide bonds. The Bertz CT molecular complexity index is 627. The Morgan fingerprint density at radius 3 is 2.38 bits per heavy atom. The molecule has 0 aliphatic heterocycles. The summed E-state index contributed by atoms with van der Waals surface area (Å²) in [7, 11) is 0. The monoisotopic (exact) mass is 288 g/mol. The van der Waals surface area contributed by atoms with E-state index in [2.05, 4.69) is 20.8 Å². The van der Waals surface area contributed by atoms with Crippen LogP contribution in [0.15, 0.2) is 42.5 Å². The molecule has 1 N–H and O–H groups in total. The zero-order valence-corrected chi connectivity index (χ0v) is 12.9. The molecule has 2 rings (SSSR count). The van der Waals surface area contributed by atoms with Crippen molar-refractivity contribution in [1.29, 1.82) is 0 Å². The second-order valence-electron chi connectivity index (χ2n) is 6.21. The van der Waals surface area contributed by atoms with Gasteiger partial charge in [0.05, 0.1) is 11.7 Å². The lowest BCUT2D eigenvalue weighted by Gasteiger charge is -2.20. The summed E-state index contributed by atoms with van der Waals surface area (Å²) >= 11 is 0. The average Bonchev–Trinajstić information content (AvgIpc) is 2.37. The van der Waals surface area contributed by atoms with Crippen LogP contribution in [0.3, 0.4) is 0 Å².